The van der Waals surface area contributed by atoms with Crippen LogP contribution in [0.4, 0.5) is 0 Å². The van der Waals surface area contributed by atoms with Gasteiger partial charge in [0.1, 0.15) is 0 Å². The Kier molecular flexibility index (Phi) is 4.51. The molecule has 1 saturated carbocycles. The van der Waals surface area contributed by atoms with Crippen molar-refractivity contribution >= 4 is 11.8 Å². The second-order valence-electron chi connectivity index (χ2n) is 4.95. The van der Waals surface area contributed by atoms with Gasteiger partial charge in [0.05, 0.1) is 12.0 Å². The summed E-state index contributed by atoms with van der Waals surface area (Å²) in [6, 6.07) is 0. The molecule has 1 aliphatic rings. The first-order chi connectivity index (χ1) is 8.28. The van der Waals surface area contributed by atoms with E-state index in [0.29, 0.717) is 4.75 Å². The van der Waals surface area contributed by atoms with Crippen molar-refractivity contribution in [2.45, 2.75) is 50.4 Å². The van der Waals surface area contributed by atoms with Crippen molar-refractivity contribution in [3.8, 4) is 0 Å². The van der Waals surface area contributed by atoms with Gasteiger partial charge in [0, 0.05) is 24.0 Å². The molecule has 0 bridgehead atoms. The van der Waals surface area contributed by atoms with Gasteiger partial charge in [0.15, 0.2) is 0 Å². The van der Waals surface area contributed by atoms with Crippen molar-refractivity contribution in [1.29, 1.82) is 0 Å². The van der Waals surface area contributed by atoms with Gasteiger partial charge in [-0.1, -0.05) is 13.3 Å². The Morgan fingerprint density at radius 2 is 2.35 bits per heavy atom. The molecule has 0 atom stereocenters. The third kappa shape index (κ3) is 3.26. The first-order valence-corrected chi connectivity index (χ1v) is 7.77. The molecule has 3 nitrogen and oxygen atoms in total. The number of nitrogens with one attached hydrogen (secondary N) is 1. The van der Waals surface area contributed by atoms with Crippen LogP contribution in [0.15, 0.2) is 12.5 Å². The van der Waals surface area contributed by atoms with E-state index in [0.717, 1.165) is 25.3 Å². The molecule has 1 aromatic rings. The van der Waals surface area contributed by atoms with Crippen LogP contribution in [-0.2, 0) is 13.1 Å². The zero-order chi connectivity index (χ0) is 12.1. The predicted molar refractivity (Wildman–Crippen MR) is 74.3 cm³/mol. The monoisotopic (exact) mass is 253 g/mol. The number of rotatable bonds is 7. The lowest BCUT2D eigenvalue weighted by Crippen LogP contribution is -2.37. The molecule has 0 amide bonds. The van der Waals surface area contributed by atoms with Gasteiger partial charge in [-0.3, -0.25) is 0 Å². The van der Waals surface area contributed by atoms with Gasteiger partial charge in [0.2, 0.25) is 0 Å². The average molecular weight is 253 g/mol. The molecule has 0 spiro atoms. The molecule has 1 aliphatic carbocycles. The first-order valence-electron chi connectivity index (χ1n) is 6.54. The summed E-state index contributed by atoms with van der Waals surface area (Å²) in [5.41, 5.74) is 1.16. The Morgan fingerprint density at radius 1 is 1.53 bits per heavy atom. The SMILES string of the molecule is CCCNCc1cn(CC2(SC)CCC2)cn1. The Morgan fingerprint density at radius 3 is 2.94 bits per heavy atom. The molecule has 4 heteroatoms. The van der Waals surface area contributed by atoms with Crippen LogP contribution >= 0.6 is 11.8 Å². The van der Waals surface area contributed by atoms with Crippen LogP contribution in [0.2, 0.25) is 0 Å². The lowest BCUT2D eigenvalue weighted by atomic mass is 9.84. The molecule has 0 unspecified atom stereocenters. The van der Waals surface area contributed by atoms with E-state index in [4.69, 9.17) is 0 Å². The number of imidazole rings is 1. The van der Waals surface area contributed by atoms with Crippen molar-refractivity contribution < 1.29 is 0 Å². The van der Waals surface area contributed by atoms with Crippen LogP contribution in [0.1, 0.15) is 38.3 Å². The molecular formula is C13H23N3S. The summed E-state index contributed by atoms with van der Waals surface area (Å²) in [7, 11) is 0. The maximum absolute atomic E-state index is 4.46. The smallest absolute Gasteiger partial charge is 0.0950 e. The highest BCUT2D eigenvalue weighted by Crippen LogP contribution is 2.43. The Balaban J connectivity index is 1.85. The third-order valence-electron chi connectivity index (χ3n) is 3.59. The molecule has 0 aliphatic heterocycles. The van der Waals surface area contributed by atoms with Crippen molar-refractivity contribution in [3.05, 3.63) is 18.2 Å². The Hall–Kier alpha value is -0.480. The number of aromatic nitrogens is 2. The highest BCUT2D eigenvalue weighted by molar-refractivity contribution is 8.00. The molecule has 1 fully saturated rings. The van der Waals surface area contributed by atoms with Gasteiger partial charge in [-0.15, -0.1) is 0 Å². The van der Waals surface area contributed by atoms with E-state index in [-0.39, 0.29) is 0 Å². The van der Waals surface area contributed by atoms with Gasteiger partial charge >= 0.3 is 0 Å². The van der Waals surface area contributed by atoms with E-state index in [9.17, 15) is 0 Å². The zero-order valence-electron chi connectivity index (χ0n) is 10.9. The van der Waals surface area contributed by atoms with E-state index in [1.165, 1.54) is 25.7 Å². The minimum absolute atomic E-state index is 0.495. The molecule has 2 rings (SSSR count). The Labute approximate surface area is 108 Å². The van der Waals surface area contributed by atoms with Crippen LogP contribution in [0.5, 0.6) is 0 Å². The van der Waals surface area contributed by atoms with Crippen LogP contribution in [0.3, 0.4) is 0 Å². The molecule has 1 aromatic heterocycles. The average Bonchev–Trinajstić information content (AvgIpc) is 2.72. The zero-order valence-corrected chi connectivity index (χ0v) is 11.7. The van der Waals surface area contributed by atoms with E-state index in [2.05, 4.69) is 34.2 Å². The van der Waals surface area contributed by atoms with Gasteiger partial charge < -0.3 is 9.88 Å². The van der Waals surface area contributed by atoms with Gasteiger partial charge in [-0.05, 0) is 32.1 Å². The molecule has 0 radical (unpaired) electrons. The highest BCUT2D eigenvalue weighted by Gasteiger charge is 2.36. The highest BCUT2D eigenvalue weighted by atomic mass is 32.2. The molecule has 1 heterocycles. The summed E-state index contributed by atoms with van der Waals surface area (Å²) in [5, 5.41) is 3.39. The third-order valence-corrected chi connectivity index (χ3v) is 4.99. The molecule has 96 valence electrons. The van der Waals surface area contributed by atoms with Crippen LogP contribution < -0.4 is 5.32 Å². The van der Waals surface area contributed by atoms with Crippen molar-refractivity contribution in [2.24, 2.45) is 0 Å². The van der Waals surface area contributed by atoms with Crippen LogP contribution in [0, 0.1) is 0 Å². The lowest BCUT2D eigenvalue weighted by Gasteiger charge is -2.40. The second-order valence-corrected chi connectivity index (χ2v) is 6.23. The summed E-state index contributed by atoms with van der Waals surface area (Å²) in [4.78, 5) is 4.46. The van der Waals surface area contributed by atoms with E-state index in [1.807, 2.05) is 18.1 Å². The standard InChI is InChI=1S/C13H23N3S/c1-3-7-14-8-12-9-16(11-15-12)10-13(17-2)5-4-6-13/h9,11,14H,3-8,10H2,1-2H3. The van der Waals surface area contributed by atoms with Gasteiger partial charge in [-0.25, -0.2) is 4.98 Å². The fourth-order valence-corrected chi connectivity index (χ4v) is 3.28. The number of thioether (sulfide) groups is 1. The summed E-state index contributed by atoms with van der Waals surface area (Å²) >= 11 is 2.02. The van der Waals surface area contributed by atoms with Crippen molar-refractivity contribution in [2.75, 3.05) is 12.8 Å². The maximum atomic E-state index is 4.46. The molecule has 0 saturated heterocycles. The van der Waals surface area contributed by atoms with Gasteiger partial charge in [0.25, 0.3) is 0 Å². The largest absolute Gasteiger partial charge is 0.336 e. The fraction of sp³-hybridized carbons (Fsp3) is 0.769. The normalized spacial score (nSPS) is 18.0. The van der Waals surface area contributed by atoms with Crippen LogP contribution in [-0.4, -0.2) is 27.1 Å². The van der Waals surface area contributed by atoms with E-state index in [1.54, 1.807) is 0 Å². The minimum atomic E-state index is 0.495. The molecule has 0 aromatic carbocycles. The lowest BCUT2D eigenvalue weighted by molar-refractivity contribution is 0.321. The number of nitrogens with zero attached hydrogens (tertiary/aromatic N) is 2. The van der Waals surface area contributed by atoms with Crippen molar-refractivity contribution in [3.63, 3.8) is 0 Å². The second kappa shape index (κ2) is 5.91. The summed E-state index contributed by atoms with van der Waals surface area (Å²) in [6.07, 6.45) is 11.7. The van der Waals surface area contributed by atoms with E-state index < -0.39 is 0 Å². The minimum Gasteiger partial charge on any atom is -0.336 e. The van der Waals surface area contributed by atoms with Crippen molar-refractivity contribution in [1.82, 2.24) is 14.9 Å². The Bertz CT molecular complexity index is 339. The predicted octanol–water partition coefficient (Wildman–Crippen LogP) is 2.67. The molecular weight excluding hydrogens is 230 g/mol. The first kappa shape index (κ1) is 13.0. The number of hydrogen-bond donors (Lipinski definition) is 1. The summed E-state index contributed by atoms with van der Waals surface area (Å²) in [6.45, 7) is 5.27. The molecule has 17 heavy (non-hydrogen) atoms. The number of hydrogen-bond acceptors (Lipinski definition) is 3. The topological polar surface area (TPSA) is 29.9 Å². The summed E-state index contributed by atoms with van der Waals surface area (Å²) in [5.74, 6) is 0. The fourth-order valence-electron chi connectivity index (χ4n) is 2.31. The van der Waals surface area contributed by atoms with Crippen LogP contribution in [0.25, 0.3) is 0 Å². The van der Waals surface area contributed by atoms with E-state index >= 15 is 0 Å². The quantitative estimate of drug-likeness (QED) is 0.758. The summed E-state index contributed by atoms with van der Waals surface area (Å²) < 4.78 is 2.76. The van der Waals surface area contributed by atoms with Gasteiger partial charge in [-0.2, -0.15) is 11.8 Å². The molecule has 1 N–H and O–H groups in total. The maximum Gasteiger partial charge on any atom is 0.0950 e.